The number of carbonyl (C=O) groups excluding carboxylic acids is 2. The van der Waals surface area contributed by atoms with Gasteiger partial charge in [-0.05, 0) is 60.4 Å². The molecule has 2 amide bonds. The largest absolute Gasteiger partial charge is 0.494 e. The van der Waals surface area contributed by atoms with Crippen LogP contribution in [0, 0.1) is 11.7 Å². The maximum atomic E-state index is 12.8. The van der Waals surface area contributed by atoms with Gasteiger partial charge in [-0.15, -0.1) is 0 Å². The molecule has 0 spiro atoms. The monoisotopic (exact) mass is 370 g/mol. The lowest BCUT2D eigenvalue weighted by atomic mass is 10.1. The highest BCUT2D eigenvalue weighted by Gasteiger charge is 2.06. The van der Waals surface area contributed by atoms with Gasteiger partial charge in [0.2, 0.25) is 0 Å². The predicted molar refractivity (Wildman–Crippen MR) is 102 cm³/mol. The van der Waals surface area contributed by atoms with E-state index < -0.39 is 11.8 Å². The molecule has 142 valence electrons. The van der Waals surface area contributed by atoms with Crippen molar-refractivity contribution in [2.75, 3.05) is 6.61 Å². The first-order valence-electron chi connectivity index (χ1n) is 8.71. The van der Waals surface area contributed by atoms with Gasteiger partial charge in [0.25, 0.3) is 11.8 Å². The summed E-state index contributed by atoms with van der Waals surface area (Å²) in [6.07, 6.45) is 3.73. The third-order valence-electron chi connectivity index (χ3n) is 3.68. The van der Waals surface area contributed by atoms with Crippen LogP contribution in [0.5, 0.6) is 5.75 Å². The molecule has 0 atom stereocenters. The third-order valence-corrected chi connectivity index (χ3v) is 3.68. The molecule has 2 aromatic carbocycles. The van der Waals surface area contributed by atoms with Crippen LogP contribution in [0.25, 0.3) is 6.08 Å². The fourth-order valence-electron chi connectivity index (χ4n) is 2.09. The molecule has 0 aliphatic carbocycles. The number of nitrogens with one attached hydrogen (secondary N) is 2. The van der Waals surface area contributed by atoms with Crippen molar-refractivity contribution in [3.05, 3.63) is 71.6 Å². The van der Waals surface area contributed by atoms with E-state index in [2.05, 4.69) is 24.7 Å². The van der Waals surface area contributed by atoms with Crippen LogP contribution in [-0.4, -0.2) is 18.4 Å². The van der Waals surface area contributed by atoms with Gasteiger partial charge in [0, 0.05) is 11.6 Å². The highest BCUT2D eigenvalue weighted by molar-refractivity contribution is 5.97. The third kappa shape index (κ3) is 7.32. The van der Waals surface area contributed by atoms with E-state index in [1.54, 1.807) is 36.4 Å². The summed E-state index contributed by atoms with van der Waals surface area (Å²) in [5.74, 6) is -0.0250. The molecule has 0 unspecified atom stereocenters. The smallest absolute Gasteiger partial charge is 0.269 e. The second-order valence-electron chi connectivity index (χ2n) is 6.38. The van der Waals surface area contributed by atoms with Crippen LogP contribution in [0.3, 0.4) is 0 Å². The molecule has 2 aromatic rings. The minimum absolute atomic E-state index is 0.347. The molecule has 0 saturated carbocycles. The summed E-state index contributed by atoms with van der Waals surface area (Å²) in [7, 11) is 0. The van der Waals surface area contributed by atoms with Crippen molar-refractivity contribution in [3.8, 4) is 5.75 Å². The zero-order chi connectivity index (χ0) is 19.6. The van der Waals surface area contributed by atoms with Crippen molar-refractivity contribution in [2.45, 2.75) is 20.3 Å². The van der Waals surface area contributed by atoms with Crippen molar-refractivity contribution >= 4 is 17.9 Å². The Labute approximate surface area is 158 Å². The maximum absolute atomic E-state index is 12.8. The Bertz CT molecular complexity index is 784. The zero-order valence-electron chi connectivity index (χ0n) is 15.4. The highest BCUT2D eigenvalue weighted by Crippen LogP contribution is 2.13. The summed E-state index contributed by atoms with van der Waals surface area (Å²) in [4.78, 5) is 23.8. The Morgan fingerprint density at radius 1 is 1.04 bits per heavy atom. The quantitative estimate of drug-likeness (QED) is 0.577. The molecule has 27 heavy (non-hydrogen) atoms. The van der Waals surface area contributed by atoms with E-state index in [9.17, 15) is 14.0 Å². The van der Waals surface area contributed by atoms with Gasteiger partial charge in [-0.1, -0.05) is 26.0 Å². The number of hydrogen-bond donors (Lipinski definition) is 2. The zero-order valence-corrected chi connectivity index (χ0v) is 15.4. The summed E-state index contributed by atoms with van der Waals surface area (Å²) < 4.78 is 18.4. The van der Waals surface area contributed by atoms with Gasteiger partial charge < -0.3 is 4.74 Å². The van der Waals surface area contributed by atoms with E-state index >= 15 is 0 Å². The van der Waals surface area contributed by atoms with Gasteiger partial charge >= 0.3 is 0 Å². The fraction of sp³-hybridized carbons (Fsp3) is 0.238. The summed E-state index contributed by atoms with van der Waals surface area (Å²) >= 11 is 0. The summed E-state index contributed by atoms with van der Waals surface area (Å²) in [5.41, 5.74) is 5.69. The van der Waals surface area contributed by atoms with E-state index in [1.165, 1.54) is 24.3 Å². The standard InChI is InChI=1S/C21H23FN2O3/c1-15(2)13-14-27-19-10-6-17(7-11-19)21(26)24-23-20(25)12-5-16-3-8-18(22)9-4-16/h3-12,15H,13-14H2,1-2H3,(H,23,25)(H,24,26)/b12-5+. The van der Waals surface area contributed by atoms with E-state index in [0.717, 1.165) is 6.42 Å². The number of carbonyl (C=O) groups is 2. The van der Waals surface area contributed by atoms with Crippen LogP contribution in [0.4, 0.5) is 4.39 Å². The molecule has 0 bridgehead atoms. The topological polar surface area (TPSA) is 67.4 Å². The average Bonchev–Trinajstić information content (AvgIpc) is 2.66. The van der Waals surface area contributed by atoms with Crippen LogP contribution in [0.2, 0.25) is 0 Å². The summed E-state index contributed by atoms with van der Waals surface area (Å²) in [5, 5.41) is 0. The number of ether oxygens (including phenoxy) is 1. The summed E-state index contributed by atoms with van der Waals surface area (Å²) in [6, 6.07) is 12.4. The summed E-state index contributed by atoms with van der Waals surface area (Å²) in [6.45, 7) is 4.87. The SMILES string of the molecule is CC(C)CCOc1ccc(C(=O)NNC(=O)/C=C/c2ccc(F)cc2)cc1. The molecule has 2 N–H and O–H groups in total. The van der Waals surface area contributed by atoms with Gasteiger partial charge in [-0.2, -0.15) is 0 Å². The van der Waals surface area contributed by atoms with Crippen LogP contribution in [0.15, 0.2) is 54.6 Å². The second kappa shape index (κ2) is 10.1. The number of rotatable bonds is 7. The van der Waals surface area contributed by atoms with Crippen LogP contribution >= 0.6 is 0 Å². The molecule has 0 radical (unpaired) electrons. The first-order valence-corrected chi connectivity index (χ1v) is 8.71. The second-order valence-corrected chi connectivity index (χ2v) is 6.38. The Morgan fingerprint density at radius 2 is 1.70 bits per heavy atom. The number of benzene rings is 2. The average molecular weight is 370 g/mol. The Hall–Kier alpha value is -3.15. The first-order chi connectivity index (χ1) is 12.9. The lowest BCUT2D eigenvalue weighted by molar-refractivity contribution is -0.117. The molecule has 0 fully saturated rings. The van der Waals surface area contributed by atoms with Crippen molar-refractivity contribution in [3.63, 3.8) is 0 Å². The number of halogens is 1. The maximum Gasteiger partial charge on any atom is 0.269 e. The minimum Gasteiger partial charge on any atom is -0.494 e. The van der Waals surface area contributed by atoms with E-state index in [0.29, 0.717) is 29.4 Å². The molecule has 2 rings (SSSR count). The van der Waals surface area contributed by atoms with Crippen LogP contribution in [0.1, 0.15) is 36.2 Å². The van der Waals surface area contributed by atoms with E-state index in [4.69, 9.17) is 4.74 Å². The Balaban J connectivity index is 1.79. The molecule has 0 aromatic heterocycles. The van der Waals surface area contributed by atoms with Crippen molar-refractivity contribution in [1.29, 1.82) is 0 Å². The fourth-order valence-corrected chi connectivity index (χ4v) is 2.09. The van der Waals surface area contributed by atoms with Crippen LogP contribution < -0.4 is 15.6 Å². The highest BCUT2D eigenvalue weighted by atomic mass is 19.1. The number of hydrazine groups is 1. The van der Waals surface area contributed by atoms with E-state index in [1.807, 2.05) is 0 Å². The lowest BCUT2D eigenvalue weighted by Gasteiger charge is -2.09. The number of hydrogen-bond acceptors (Lipinski definition) is 3. The van der Waals surface area contributed by atoms with E-state index in [-0.39, 0.29) is 5.82 Å². The lowest BCUT2D eigenvalue weighted by Crippen LogP contribution is -2.40. The van der Waals surface area contributed by atoms with Crippen LogP contribution in [-0.2, 0) is 4.79 Å². The van der Waals surface area contributed by atoms with Gasteiger partial charge in [0.1, 0.15) is 11.6 Å². The number of amides is 2. The molecule has 0 saturated heterocycles. The first kappa shape index (κ1) is 20.2. The minimum atomic E-state index is -0.499. The molecule has 0 heterocycles. The van der Waals surface area contributed by atoms with Crippen molar-refractivity contribution < 1.29 is 18.7 Å². The van der Waals surface area contributed by atoms with Gasteiger partial charge in [-0.3, -0.25) is 20.4 Å². The van der Waals surface area contributed by atoms with Crippen molar-refractivity contribution in [1.82, 2.24) is 10.9 Å². The molecule has 5 nitrogen and oxygen atoms in total. The molecular formula is C21H23FN2O3. The Kier molecular flexibility index (Phi) is 7.55. The Morgan fingerprint density at radius 3 is 2.33 bits per heavy atom. The van der Waals surface area contributed by atoms with Gasteiger partial charge in [0.15, 0.2) is 0 Å². The predicted octanol–water partition coefficient (Wildman–Crippen LogP) is 3.73. The molecule has 0 aliphatic heterocycles. The van der Waals surface area contributed by atoms with Crippen molar-refractivity contribution in [2.24, 2.45) is 5.92 Å². The van der Waals surface area contributed by atoms with Gasteiger partial charge in [0.05, 0.1) is 6.61 Å². The molecule has 6 heteroatoms. The molecular weight excluding hydrogens is 347 g/mol. The normalized spacial score (nSPS) is 10.8. The molecule has 0 aliphatic rings. The van der Waals surface area contributed by atoms with Gasteiger partial charge in [-0.25, -0.2) is 4.39 Å².